The number of nitrogens with one attached hydrogen (secondary N) is 1. The first-order valence-corrected chi connectivity index (χ1v) is 5.98. The molecule has 1 aromatic rings. The molecule has 1 N–H and O–H groups in total. The van der Waals surface area contributed by atoms with E-state index in [1.165, 1.54) is 0 Å². The van der Waals surface area contributed by atoms with Gasteiger partial charge in [0.05, 0.1) is 0 Å². The summed E-state index contributed by atoms with van der Waals surface area (Å²) in [5.74, 6) is 0.754. The lowest BCUT2D eigenvalue weighted by atomic mass is 10.3. The average Bonchev–Trinajstić information content (AvgIpc) is 2.78. The fourth-order valence-electron chi connectivity index (χ4n) is 1.45. The number of nitriles is 1. The highest BCUT2D eigenvalue weighted by Crippen LogP contribution is 2.09. The molecule has 5 nitrogen and oxygen atoms in total. The van der Waals surface area contributed by atoms with Crippen molar-refractivity contribution in [3.05, 3.63) is 54.4 Å². The van der Waals surface area contributed by atoms with Crippen LogP contribution in [0.2, 0.25) is 0 Å². The highest BCUT2D eigenvalue weighted by molar-refractivity contribution is 5.79. The maximum Gasteiger partial charge on any atom is 0.294 e. The van der Waals surface area contributed by atoms with E-state index in [2.05, 4.69) is 21.9 Å². The van der Waals surface area contributed by atoms with Gasteiger partial charge in [0.1, 0.15) is 5.75 Å². The zero-order chi connectivity index (χ0) is 14.6. The van der Waals surface area contributed by atoms with Gasteiger partial charge in [-0.25, -0.2) is 10.3 Å². The fourth-order valence-corrected chi connectivity index (χ4v) is 1.45. The summed E-state index contributed by atoms with van der Waals surface area (Å²) in [5.41, 5.74) is 0.990. The van der Waals surface area contributed by atoms with E-state index in [4.69, 9.17) is 10.00 Å². The van der Waals surface area contributed by atoms with Gasteiger partial charge in [-0.1, -0.05) is 18.2 Å². The third kappa shape index (κ3) is 5.19. The molecule has 0 amide bonds. The molecule has 0 aromatic heterocycles. The highest BCUT2D eigenvalue weighted by Gasteiger charge is 2.04. The number of aliphatic imine (C=N–C) groups is 2. The van der Waals surface area contributed by atoms with Gasteiger partial charge in [0.15, 0.2) is 0 Å². The van der Waals surface area contributed by atoms with E-state index in [0.29, 0.717) is 6.02 Å². The highest BCUT2D eigenvalue weighted by atomic mass is 16.5. The molecule has 0 bridgehead atoms. The molecule has 0 radical (unpaired) electrons. The van der Waals surface area contributed by atoms with Gasteiger partial charge < -0.3 is 10.1 Å². The minimum atomic E-state index is 0.469. The first-order valence-electron chi connectivity index (χ1n) is 5.98. The predicted octanol–water partition coefficient (Wildman–Crippen LogP) is 2.65. The van der Waals surface area contributed by atoms with Crippen LogP contribution in [0.1, 0.15) is 6.42 Å². The van der Waals surface area contributed by atoms with E-state index in [0.717, 1.165) is 17.9 Å². The molecule has 1 heterocycles. The predicted molar refractivity (Wildman–Crippen MR) is 80.6 cm³/mol. The van der Waals surface area contributed by atoms with Crippen molar-refractivity contribution in [2.45, 2.75) is 6.42 Å². The summed E-state index contributed by atoms with van der Waals surface area (Å²) in [6.45, 7) is 3.50. The third-order valence-corrected chi connectivity index (χ3v) is 2.31. The smallest absolute Gasteiger partial charge is 0.294 e. The van der Waals surface area contributed by atoms with E-state index in [-0.39, 0.29) is 0 Å². The van der Waals surface area contributed by atoms with E-state index in [1.807, 2.05) is 48.7 Å². The van der Waals surface area contributed by atoms with Crippen LogP contribution in [0.4, 0.5) is 0 Å². The molecular formula is C15H16N4O. The summed E-state index contributed by atoms with van der Waals surface area (Å²) < 4.78 is 5.64. The minimum absolute atomic E-state index is 0.469. The van der Waals surface area contributed by atoms with E-state index in [1.54, 1.807) is 13.2 Å². The van der Waals surface area contributed by atoms with Crippen LogP contribution in [-0.4, -0.2) is 19.3 Å². The molecule has 0 saturated carbocycles. The molecular weight excluding hydrogens is 252 g/mol. The maximum absolute atomic E-state index is 6.50. The molecule has 102 valence electrons. The minimum Gasteiger partial charge on any atom is -0.426 e. The van der Waals surface area contributed by atoms with Gasteiger partial charge in [-0.3, -0.25) is 4.99 Å². The molecule has 1 aliphatic rings. The normalized spacial score (nSPS) is 13.6. The molecule has 1 aliphatic heterocycles. The van der Waals surface area contributed by atoms with Crippen molar-refractivity contribution in [2.24, 2.45) is 9.98 Å². The first-order chi connectivity index (χ1) is 9.88. The lowest BCUT2D eigenvalue weighted by Crippen LogP contribution is -2.28. The summed E-state index contributed by atoms with van der Waals surface area (Å²) in [7, 11) is 1.69. The molecule has 0 fully saturated rings. The summed E-state index contributed by atoms with van der Waals surface area (Å²) >= 11 is 0. The van der Waals surface area contributed by atoms with Crippen molar-refractivity contribution in [2.75, 3.05) is 7.05 Å². The number of benzene rings is 1. The summed E-state index contributed by atoms with van der Waals surface area (Å²) in [6, 6.07) is 10.0. The van der Waals surface area contributed by atoms with Crippen LogP contribution >= 0.6 is 0 Å². The van der Waals surface area contributed by atoms with Gasteiger partial charge in [0, 0.05) is 38.2 Å². The van der Waals surface area contributed by atoms with Crippen LogP contribution in [0.15, 0.2) is 64.4 Å². The fraction of sp³-hybridized carbons (Fsp3) is 0.133. The molecule has 0 unspecified atom stereocenters. The molecule has 20 heavy (non-hydrogen) atoms. The number of para-hydroxylation sites is 1. The van der Waals surface area contributed by atoms with Gasteiger partial charge in [-0.05, 0) is 24.3 Å². The number of hydrogen-bond acceptors (Lipinski definition) is 4. The summed E-state index contributed by atoms with van der Waals surface area (Å²) in [5, 5.41) is 9.64. The van der Waals surface area contributed by atoms with Gasteiger partial charge >= 0.3 is 0 Å². The number of rotatable bonds is 2. The van der Waals surface area contributed by atoms with Gasteiger partial charge in [-0.15, -0.1) is 0 Å². The largest absolute Gasteiger partial charge is 0.426 e. The van der Waals surface area contributed by atoms with Crippen LogP contribution in [-0.2, 0) is 0 Å². The zero-order valence-corrected chi connectivity index (χ0v) is 11.2. The Kier molecular flexibility index (Phi) is 6.92. The maximum atomic E-state index is 6.50. The van der Waals surface area contributed by atoms with Gasteiger partial charge in [0.2, 0.25) is 0 Å². The Morgan fingerprint density at radius 1 is 1.35 bits per heavy atom. The van der Waals surface area contributed by atoms with Crippen LogP contribution in [0, 0.1) is 11.8 Å². The van der Waals surface area contributed by atoms with E-state index < -0.39 is 0 Å². The average molecular weight is 268 g/mol. The van der Waals surface area contributed by atoms with Crippen molar-refractivity contribution >= 4 is 12.2 Å². The van der Waals surface area contributed by atoms with Crippen LogP contribution in [0.3, 0.4) is 0 Å². The zero-order valence-electron chi connectivity index (χ0n) is 11.2. The Hall–Kier alpha value is -2.87. The monoisotopic (exact) mass is 268 g/mol. The molecule has 0 atom stereocenters. The molecule has 0 spiro atoms. The molecule has 5 heteroatoms. The van der Waals surface area contributed by atoms with Crippen molar-refractivity contribution in [3.63, 3.8) is 0 Å². The van der Waals surface area contributed by atoms with Gasteiger partial charge in [-0.2, -0.15) is 0 Å². The third-order valence-electron chi connectivity index (χ3n) is 2.31. The van der Waals surface area contributed by atoms with Crippen LogP contribution in [0.25, 0.3) is 0 Å². The number of nitrogens with zero attached hydrogens (tertiary/aromatic N) is 3. The number of ether oxygens (including phenoxy) is 1. The standard InChI is InChI=1S/C14H15N3O.CHN/c1-15-14(18-13-7-3-2-4-8-13)17-12-6-5-10-16-11-9-12;1-2/h2-8,10-11H,9H2,1H3,(H,15,17);1H. The first kappa shape index (κ1) is 15.2. The Balaban J connectivity index is 0.000000956. The Morgan fingerprint density at radius 2 is 2.10 bits per heavy atom. The van der Waals surface area contributed by atoms with Gasteiger partial charge in [0.25, 0.3) is 6.02 Å². The van der Waals surface area contributed by atoms with Crippen molar-refractivity contribution in [1.29, 1.82) is 5.26 Å². The van der Waals surface area contributed by atoms with Crippen LogP contribution in [0.5, 0.6) is 5.75 Å². The summed E-state index contributed by atoms with van der Waals surface area (Å²) in [6.07, 6.45) is 8.13. The topological polar surface area (TPSA) is 69.8 Å². The lowest BCUT2D eigenvalue weighted by molar-refractivity contribution is 0.524. The second kappa shape index (κ2) is 9.11. The number of amidine groups is 1. The molecule has 0 saturated heterocycles. The number of allylic oxidation sites excluding steroid dienone is 3. The van der Waals surface area contributed by atoms with Crippen molar-refractivity contribution < 1.29 is 4.74 Å². The Labute approximate surface area is 118 Å². The number of hydrogen-bond donors (Lipinski definition) is 1. The van der Waals surface area contributed by atoms with E-state index in [9.17, 15) is 0 Å². The molecule has 0 aliphatic carbocycles. The van der Waals surface area contributed by atoms with Crippen molar-refractivity contribution in [3.8, 4) is 12.3 Å². The second-order valence-corrected chi connectivity index (χ2v) is 3.64. The Bertz CT molecular complexity index is 541. The van der Waals surface area contributed by atoms with E-state index >= 15 is 0 Å². The second-order valence-electron chi connectivity index (χ2n) is 3.64. The Morgan fingerprint density at radius 3 is 2.80 bits per heavy atom. The quantitative estimate of drug-likeness (QED) is 0.662. The lowest BCUT2D eigenvalue weighted by Gasteiger charge is -2.11. The molecule has 1 aromatic carbocycles. The van der Waals surface area contributed by atoms with Crippen LogP contribution < -0.4 is 10.1 Å². The van der Waals surface area contributed by atoms with Crippen molar-refractivity contribution in [1.82, 2.24) is 5.32 Å². The SMILES string of the molecule is C#N.CN=C(NC1=CC=CN=CC1)Oc1ccccc1. The molecule has 2 rings (SSSR count). The summed E-state index contributed by atoms with van der Waals surface area (Å²) in [4.78, 5) is 8.14.